The van der Waals surface area contributed by atoms with Crippen molar-refractivity contribution in [3.8, 4) is 0 Å². The van der Waals surface area contributed by atoms with Crippen molar-refractivity contribution in [2.45, 2.75) is 0 Å². The van der Waals surface area contributed by atoms with E-state index in [-0.39, 0.29) is 5.91 Å². The zero-order chi connectivity index (χ0) is 15.2. The largest absolute Gasteiger partial charge is 0.459 e. The summed E-state index contributed by atoms with van der Waals surface area (Å²) in [7, 11) is 4.23. The highest BCUT2D eigenvalue weighted by Crippen LogP contribution is 2.09. The molecule has 0 aliphatic carbocycles. The highest BCUT2D eigenvalue weighted by Gasteiger charge is 2.24. The minimum Gasteiger partial charge on any atom is -0.459 e. The summed E-state index contributed by atoms with van der Waals surface area (Å²) in [6.07, 6.45) is 1.52. The number of quaternary nitrogens is 1. The number of amides is 1. The second-order valence-corrected chi connectivity index (χ2v) is 5.83. The molecule has 1 fully saturated rings. The number of piperazine rings is 1. The molecule has 116 valence electrons. The molecule has 7 heteroatoms. The normalized spacial score (nSPS) is 15.4. The summed E-state index contributed by atoms with van der Waals surface area (Å²) < 4.78 is 5.15. The van der Waals surface area contributed by atoms with Gasteiger partial charge in [-0.1, -0.05) is 0 Å². The molecule has 0 aromatic carbocycles. The molecule has 2 rings (SSSR count). The van der Waals surface area contributed by atoms with E-state index in [1.807, 2.05) is 4.90 Å². The Labute approximate surface area is 130 Å². The van der Waals surface area contributed by atoms with Gasteiger partial charge in [0.15, 0.2) is 10.9 Å². The van der Waals surface area contributed by atoms with Crippen LogP contribution in [0, 0.1) is 0 Å². The molecule has 1 aliphatic heterocycles. The molecule has 2 N–H and O–H groups in total. The third-order valence-corrected chi connectivity index (χ3v) is 3.89. The number of carbonyl (C=O) groups excluding carboxylic acids is 1. The second-order valence-electron chi connectivity index (χ2n) is 5.45. The van der Waals surface area contributed by atoms with Gasteiger partial charge in [0.2, 0.25) is 0 Å². The Kier molecular flexibility index (Phi) is 5.58. The van der Waals surface area contributed by atoms with E-state index in [1.54, 1.807) is 12.1 Å². The Morgan fingerprint density at radius 3 is 2.57 bits per heavy atom. The van der Waals surface area contributed by atoms with Crippen LogP contribution >= 0.6 is 12.2 Å². The highest BCUT2D eigenvalue weighted by atomic mass is 32.1. The first-order valence-corrected chi connectivity index (χ1v) is 7.63. The average molecular weight is 311 g/mol. The highest BCUT2D eigenvalue weighted by molar-refractivity contribution is 7.80. The third-order valence-electron chi connectivity index (χ3n) is 3.49. The molecule has 1 amide bonds. The standard InChI is InChI=1S/C14H22N4O2S/c1-16(2)6-5-15-14(21)18-9-7-17(8-10-18)13(19)12-4-3-11-20-12/h3-4,11H,5-10H2,1-2H3,(H,15,21)/p+1. The van der Waals surface area contributed by atoms with Gasteiger partial charge in [0.05, 0.1) is 33.4 Å². The van der Waals surface area contributed by atoms with E-state index in [0.29, 0.717) is 18.8 Å². The molecule has 0 unspecified atom stereocenters. The van der Waals surface area contributed by atoms with Crippen LogP contribution in [0.25, 0.3) is 0 Å². The summed E-state index contributed by atoms with van der Waals surface area (Å²) in [5, 5.41) is 4.05. The lowest BCUT2D eigenvalue weighted by molar-refractivity contribution is -0.856. The summed E-state index contributed by atoms with van der Waals surface area (Å²) in [6.45, 7) is 4.74. The predicted molar refractivity (Wildman–Crippen MR) is 84.5 cm³/mol. The van der Waals surface area contributed by atoms with E-state index < -0.39 is 0 Å². The second kappa shape index (κ2) is 7.42. The molecule has 0 spiro atoms. The number of likely N-dealkylation sites (N-methyl/N-ethyl adjacent to an activating group) is 1. The Morgan fingerprint density at radius 2 is 2.00 bits per heavy atom. The van der Waals surface area contributed by atoms with Crippen molar-refractivity contribution in [3.63, 3.8) is 0 Å². The van der Waals surface area contributed by atoms with Gasteiger partial charge in [0, 0.05) is 26.2 Å². The molecule has 0 bridgehead atoms. The molecule has 0 radical (unpaired) electrons. The Bertz CT molecular complexity index is 467. The number of carbonyl (C=O) groups is 1. The van der Waals surface area contributed by atoms with E-state index >= 15 is 0 Å². The van der Waals surface area contributed by atoms with Gasteiger partial charge in [0.25, 0.3) is 5.91 Å². The first-order valence-electron chi connectivity index (χ1n) is 7.22. The summed E-state index contributed by atoms with van der Waals surface area (Å²) in [5.74, 6) is 0.354. The van der Waals surface area contributed by atoms with Gasteiger partial charge in [-0.2, -0.15) is 0 Å². The van der Waals surface area contributed by atoms with Crippen LogP contribution in [0.2, 0.25) is 0 Å². The van der Waals surface area contributed by atoms with Crippen molar-refractivity contribution in [3.05, 3.63) is 24.2 Å². The smallest absolute Gasteiger partial charge is 0.289 e. The minimum atomic E-state index is -0.0465. The van der Waals surface area contributed by atoms with E-state index in [1.165, 1.54) is 11.2 Å². The molecule has 0 atom stereocenters. The van der Waals surface area contributed by atoms with Crippen LogP contribution < -0.4 is 10.2 Å². The molecule has 1 aromatic heterocycles. The van der Waals surface area contributed by atoms with Crippen molar-refractivity contribution >= 4 is 23.2 Å². The summed E-state index contributed by atoms with van der Waals surface area (Å²) >= 11 is 5.39. The van der Waals surface area contributed by atoms with Crippen molar-refractivity contribution in [1.29, 1.82) is 0 Å². The van der Waals surface area contributed by atoms with E-state index in [4.69, 9.17) is 16.6 Å². The fraction of sp³-hybridized carbons (Fsp3) is 0.571. The van der Waals surface area contributed by atoms with Crippen LogP contribution in [0.5, 0.6) is 0 Å². The van der Waals surface area contributed by atoms with Gasteiger partial charge in [-0.25, -0.2) is 0 Å². The average Bonchev–Trinajstić information content (AvgIpc) is 3.00. The number of furan rings is 1. The number of nitrogens with one attached hydrogen (secondary N) is 2. The predicted octanol–water partition coefficient (Wildman–Crippen LogP) is -0.944. The van der Waals surface area contributed by atoms with Crippen LogP contribution in [-0.4, -0.2) is 74.2 Å². The molecule has 6 nitrogen and oxygen atoms in total. The van der Waals surface area contributed by atoms with Gasteiger partial charge in [0.1, 0.15) is 0 Å². The topological polar surface area (TPSA) is 53.2 Å². The SMILES string of the molecule is C[NH+](C)CCNC(=S)N1CCN(C(=O)c2ccco2)CC1. The number of thiocarbonyl (C=S) groups is 1. The Balaban J connectivity index is 1.75. The molecule has 1 saturated heterocycles. The van der Waals surface area contributed by atoms with Crippen molar-refractivity contribution in [2.24, 2.45) is 0 Å². The lowest BCUT2D eigenvalue weighted by Gasteiger charge is -2.35. The fourth-order valence-corrected chi connectivity index (χ4v) is 2.48. The number of rotatable bonds is 4. The Morgan fingerprint density at radius 1 is 1.33 bits per heavy atom. The van der Waals surface area contributed by atoms with Crippen LogP contribution in [0.15, 0.2) is 22.8 Å². The van der Waals surface area contributed by atoms with Crippen molar-refractivity contribution in [2.75, 3.05) is 53.4 Å². The van der Waals surface area contributed by atoms with Crippen LogP contribution in [0.1, 0.15) is 10.6 Å². The molecular weight excluding hydrogens is 288 g/mol. The summed E-state index contributed by atoms with van der Waals surface area (Å²) in [6, 6.07) is 3.43. The lowest BCUT2D eigenvalue weighted by atomic mass is 10.3. The lowest BCUT2D eigenvalue weighted by Crippen LogP contribution is -3.06. The van der Waals surface area contributed by atoms with Crippen LogP contribution in [0.3, 0.4) is 0 Å². The van der Waals surface area contributed by atoms with Crippen LogP contribution in [-0.2, 0) is 0 Å². The van der Waals surface area contributed by atoms with Crippen molar-refractivity contribution < 1.29 is 14.1 Å². The first-order chi connectivity index (χ1) is 10.1. The molecule has 21 heavy (non-hydrogen) atoms. The minimum absolute atomic E-state index is 0.0465. The Hall–Kier alpha value is -1.60. The maximum Gasteiger partial charge on any atom is 0.289 e. The van der Waals surface area contributed by atoms with Crippen LogP contribution in [0.4, 0.5) is 0 Å². The van der Waals surface area contributed by atoms with Crippen molar-refractivity contribution in [1.82, 2.24) is 15.1 Å². The third kappa shape index (κ3) is 4.44. The molecule has 0 saturated carbocycles. The van der Waals surface area contributed by atoms with E-state index in [2.05, 4.69) is 24.3 Å². The monoisotopic (exact) mass is 311 g/mol. The van der Waals surface area contributed by atoms with Gasteiger partial charge < -0.3 is 24.4 Å². The fourth-order valence-electron chi connectivity index (χ4n) is 2.20. The number of hydrogen-bond donors (Lipinski definition) is 2. The summed E-state index contributed by atoms with van der Waals surface area (Å²) in [5.41, 5.74) is 0. The van der Waals surface area contributed by atoms with Gasteiger partial charge >= 0.3 is 0 Å². The molecular formula is C14H23N4O2S+. The quantitative estimate of drug-likeness (QED) is 0.703. The molecule has 1 aromatic rings. The zero-order valence-corrected chi connectivity index (χ0v) is 13.4. The molecule has 1 aliphatic rings. The summed E-state index contributed by atoms with van der Waals surface area (Å²) in [4.78, 5) is 17.5. The van der Waals surface area contributed by atoms with Gasteiger partial charge in [-0.3, -0.25) is 4.79 Å². The zero-order valence-electron chi connectivity index (χ0n) is 12.6. The maximum atomic E-state index is 12.1. The van der Waals surface area contributed by atoms with Gasteiger partial charge in [-0.15, -0.1) is 0 Å². The molecule has 2 heterocycles. The van der Waals surface area contributed by atoms with Gasteiger partial charge in [-0.05, 0) is 24.4 Å². The maximum absolute atomic E-state index is 12.1. The van der Waals surface area contributed by atoms with E-state index in [9.17, 15) is 4.79 Å². The number of hydrogen-bond acceptors (Lipinski definition) is 3. The first kappa shape index (κ1) is 15.8. The van der Waals surface area contributed by atoms with E-state index in [0.717, 1.165) is 31.3 Å². The number of nitrogens with zero attached hydrogens (tertiary/aromatic N) is 2.